The number of hydrogen-bond acceptors (Lipinski definition) is 4. The van der Waals surface area contributed by atoms with E-state index in [0.29, 0.717) is 24.5 Å². The third-order valence-corrected chi connectivity index (χ3v) is 3.17. The maximum atomic E-state index is 12.2. The number of pyridine rings is 1. The summed E-state index contributed by atoms with van der Waals surface area (Å²) in [5.41, 5.74) is 6.38. The van der Waals surface area contributed by atoms with E-state index in [9.17, 15) is 4.79 Å². The second kappa shape index (κ2) is 7.59. The minimum atomic E-state index is -0.130. The maximum absolute atomic E-state index is 12.2. The molecule has 0 fully saturated rings. The number of rotatable bonds is 7. The Balaban J connectivity index is 1.98. The van der Waals surface area contributed by atoms with E-state index in [4.69, 9.17) is 10.5 Å². The molecule has 2 aromatic rings. The van der Waals surface area contributed by atoms with Crippen LogP contribution in [0.3, 0.4) is 0 Å². The first kappa shape index (κ1) is 15.3. The Bertz CT molecular complexity index is 613. The summed E-state index contributed by atoms with van der Waals surface area (Å²) in [7, 11) is 0. The molecule has 0 spiro atoms. The molecule has 1 aromatic heterocycles. The van der Waals surface area contributed by atoms with Crippen molar-refractivity contribution in [1.29, 1.82) is 0 Å². The highest BCUT2D eigenvalue weighted by atomic mass is 16.5. The molecule has 21 heavy (non-hydrogen) atoms. The maximum Gasteiger partial charge on any atom is 0.253 e. The van der Waals surface area contributed by atoms with Crippen molar-refractivity contribution >= 4 is 22.5 Å². The van der Waals surface area contributed by atoms with Crippen molar-refractivity contribution in [3.63, 3.8) is 0 Å². The second-order valence-electron chi connectivity index (χ2n) is 4.82. The SMILES string of the molecule is CCCOCCCNC(=O)c1cnc(N)c2ccccc12. The number of nitrogens with zero attached hydrogens (tertiary/aromatic N) is 1. The van der Waals surface area contributed by atoms with Gasteiger partial charge in [0, 0.05) is 31.3 Å². The number of ether oxygens (including phenoxy) is 1. The smallest absolute Gasteiger partial charge is 0.253 e. The predicted molar refractivity (Wildman–Crippen MR) is 84.2 cm³/mol. The molecular formula is C16H21N3O2. The van der Waals surface area contributed by atoms with Crippen molar-refractivity contribution in [2.45, 2.75) is 19.8 Å². The van der Waals surface area contributed by atoms with Crippen LogP contribution < -0.4 is 11.1 Å². The van der Waals surface area contributed by atoms with Crippen LogP contribution in [0.1, 0.15) is 30.1 Å². The van der Waals surface area contributed by atoms with Crippen LogP contribution in [0.25, 0.3) is 10.8 Å². The molecule has 0 atom stereocenters. The first-order valence-electron chi connectivity index (χ1n) is 7.23. The van der Waals surface area contributed by atoms with E-state index in [2.05, 4.69) is 17.2 Å². The number of nitrogens with two attached hydrogens (primary N) is 1. The van der Waals surface area contributed by atoms with Gasteiger partial charge in [0.05, 0.1) is 5.56 Å². The molecule has 3 N–H and O–H groups in total. The number of anilines is 1. The minimum absolute atomic E-state index is 0.130. The van der Waals surface area contributed by atoms with Gasteiger partial charge in [0.1, 0.15) is 5.82 Å². The standard InChI is InChI=1S/C16H21N3O2/c1-2-9-21-10-5-8-18-16(20)14-11-19-15(17)13-7-4-3-6-12(13)14/h3-4,6-7,11H,2,5,8-10H2,1H3,(H2,17,19)(H,18,20). The van der Waals surface area contributed by atoms with Crippen LogP contribution in [0.5, 0.6) is 0 Å². The Morgan fingerprint density at radius 3 is 2.81 bits per heavy atom. The fourth-order valence-electron chi connectivity index (χ4n) is 2.11. The molecule has 0 saturated heterocycles. The molecule has 0 aliphatic heterocycles. The van der Waals surface area contributed by atoms with Gasteiger partial charge < -0.3 is 15.8 Å². The number of benzene rings is 1. The van der Waals surface area contributed by atoms with Crippen LogP contribution in [0.15, 0.2) is 30.5 Å². The molecule has 5 heteroatoms. The van der Waals surface area contributed by atoms with Crippen LogP contribution in [0.2, 0.25) is 0 Å². The number of carbonyl (C=O) groups excluding carboxylic acids is 1. The van der Waals surface area contributed by atoms with E-state index < -0.39 is 0 Å². The van der Waals surface area contributed by atoms with E-state index in [0.717, 1.165) is 30.2 Å². The Morgan fingerprint density at radius 1 is 1.29 bits per heavy atom. The molecule has 5 nitrogen and oxygen atoms in total. The van der Waals surface area contributed by atoms with Crippen LogP contribution >= 0.6 is 0 Å². The molecule has 0 saturated carbocycles. The highest BCUT2D eigenvalue weighted by molar-refractivity contribution is 6.08. The lowest BCUT2D eigenvalue weighted by Crippen LogP contribution is -2.25. The van der Waals surface area contributed by atoms with Gasteiger partial charge in [-0.3, -0.25) is 4.79 Å². The average molecular weight is 287 g/mol. The predicted octanol–water partition coefficient (Wildman–Crippen LogP) is 2.36. The van der Waals surface area contributed by atoms with E-state index in [1.54, 1.807) is 0 Å². The largest absolute Gasteiger partial charge is 0.383 e. The Labute approximate surface area is 124 Å². The van der Waals surface area contributed by atoms with Gasteiger partial charge in [-0.25, -0.2) is 4.98 Å². The summed E-state index contributed by atoms with van der Waals surface area (Å²) < 4.78 is 5.38. The van der Waals surface area contributed by atoms with E-state index in [-0.39, 0.29) is 5.91 Å². The Kier molecular flexibility index (Phi) is 5.51. The lowest BCUT2D eigenvalue weighted by Gasteiger charge is -2.09. The van der Waals surface area contributed by atoms with E-state index in [1.165, 1.54) is 6.20 Å². The molecule has 1 heterocycles. The molecule has 1 amide bonds. The van der Waals surface area contributed by atoms with Crippen molar-refractivity contribution < 1.29 is 9.53 Å². The fraction of sp³-hybridized carbons (Fsp3) is 0.375. The first-order valence-corrected chi connectivity index (χ1v) is 7.23. The normalized spacial score (nSPS) is 10.7. The molecule has 112 valence electrons. The number of hydrogen-bond donors (Lipinski definition) is 2. The summed E-state index contributed by atoms with van der Waals surface area (Å²) in [5, 5.41) is 4.51. The monoisotopic (exact) mass is 287 g/mol. The highest BCUT2D eigenvalue weighted by Gasteiger charge is 2.11. The quantitative estimate of drug-likeness (QED) is 0.766. The second-order valence-corrected chi connectivity index (χ2v) is 4.82. The van der Waals surface area contributed by atoms with Crippen LogP contribution in [0.4, 0.5) is 5.82 Å². The minimum Gasteiger partial charge on any atom is -0.383 e. The van der Waals surface area contributed by atoms with Crippen molar-refractivity contribution in [2.24, 2.45) is 0 Å². The molecule has 0 bridgehead atoms. The average Bonchev–Trinajstić information content (AvgIpc) is 2.51. The number of carbonyl (C=O) groups is 1. The number of nitrogens with one attached hydrogen (secondary N) is 1. The Hall–Kier alpha value is -2.14. The topological polar surface area (TPSA) is 77.2 Å². The van der Waals surface area contributed by atoms with Gasteiger partial charge in [0.25, 0.3) is 5.91 Å². The summed E-state index contributed by atoms with van der Waals surface area (Å²) in [4.78, 5) is 16.3. The lowest BCUT2D eigenvalue weighted by molar-refractivity contribution is 0.0942. The summed E-state index contributed by atoms with van der Waals surface area (Å²) in [5.74, 6) is 0.310. The van der Waals surface area contributed by atoms with Crippen LogP contribution in [-0.2, 0) is 4.74 Å². The Morgan fingerprint density at radius 2 is 2.05 bits per heavy atom. The van der Waals surface area contributed by atoms with Gasteiger partial charge >= 0.3 is 0 Å². The third kappa shape index (κ3) is 3.92. The first-order chi connectivity index (χ1) is 10.2. The molecule has 0 unspecified atom stereocenters. The zero-order valence-corrected chi connectivity index (χ0v) is 12.3. The summed E-state index contributed by atoms with van der Waals surface area (Å²) >= 11 is 0. The van der Waals surface area contributed by atoms with Gasteiger partial charge in [-0.1, -0.05) is 31.2 Å². The van der Waals surface area contributed by atoms with Crippen LogP contribution in [0, 0.1) is 0 Å². The van der Waals surface area contributed by atoms with Crippen molar-refractivity contribution in [1.82, 2.24) is 10.3 Å². The highest BCUT2D eigenvalue weighted by Crippen LogP contribution is 2.22. The zero-order valence-electron chi connectivity index (χ0n) is 12.3. The molecule has 0 aliphatic carbocycles. The third-order valence-electron chi connectivity index (χ3n) is 3.17. The van der Waals surface area contributed by atoms with Crippen molar-refractivity contribution in [3.05, 3.63) is 36.0 Å². The number of aromatic nitrogens is 1. The lowest BCUT2D eigenvalue weighted by atomic mass is 10.1. The number of fused-ring (bicyclic) bond motifs is 1. The van der Waals surface area contributed by atoms with Gasteiger partial charge in [-0.05, 0) is 18.2 Å². The van der Waals surface area contributed by atoms with Crippen molar-refractivity contribution in [3.8, 4) is 0 Å². The van der Waals surface area contributed by atoms with E-state index in [1.807, 2.05) is 24.3 Å². The number of nitrogen functional groups attached to an aromatic ring is 1. The molecule has 0 radical (unpaired) electrons. The summed E-state index contributed by atoms with van der Waals surface area (Å²) in [6, 6.07) is 7.52. The molecular weight excluding hydrogens is 266 g/mol. The van der Waals surface area contributed by atoms with E-state index >= 15 is 0 Å². The number of amides is 1. The van der Waals surface area contributed by atoms with Gasteiger partial charge in [0.15, 0.2) is 0 Å². The van der Waals surface area contributed by atoms with Crippen molar-refractivity contribution in [2.75, 3.05) is 25.5 Å². The molecule has 2 rings (SSSR count). The fourth-order valence-corrected chi connectivity index (χ4v) is 2.11. The molecule has 0 aliphatic rings. The summed E-state index contributed by atoms with van der Waals surface area (Å²) in [6.45, 7) is 4.08. The van der Waals surface area contributed by atoms with Gasteiger partial charge in [-0.15, -0.1) is 0 Å². The zero-order chi connectivity index (χ0) is 15.1. The molecule has 1 aromatic carbocycles. The summed E-state index contributed by atoms with van der Waals surface area (Å²) in [6.07, 6.45) is 3.34. The van der Waals surface area contributed by atoms with Gasteiger partial charge in [-0.2, -0.15) is 0 Å². The van der Waals surface area contributed by atoms with Gasteiger partial charge in [0.2, 0.25) is 0 Å². The van der Waals surface area contributed by atoms with Crippen LogP contribution in [-0.4, -0.2) is 30.6 Å².